The summed E-state index contributed by atoms with van der Waals surface area (Å²) in [6.07, 6.45) is -1.73. The predicted molar refractivity (Wildman–Crippen MR) is 120 cm³/mol. The molecular formula is C22H14Cl2F3NO4S. The lowest BCUT2D eigenvalue weighted by Crippen LogP contribution is -2.09. The number of aliphatic carboxylic acids is 1. The van der Waals surface area contributed by atoms with Gasteiger partial charge in [-0.3, -0.25) is 4.79 Å². The standard InChI is InChI=1S/C22H14Cl2F3NO4S/c1-11-20(33-21(28-11)13-2-6-14(7-3-13)22(25,26)27)15(29)8-4-12-5-9-16(19(24)18(12)23)32-10-17(30)31/h2-9H,10H2,1H3,(H,30,31). The van der Waals surface area contributed by atoms with E-state index in [-0.39, 0.29) is 21.6 Å². The van der Waals surface area contributed by atoms with Gasteiger partial charge in [-0.05, 0) is 48.9 Å². The Morgan fingerprint density at radius 2 is 1.79 bits per heavy atom. The molecule has 0 atom stereocenters. The molecule has 0 aliphatic rings. The minimum atomic E-state index is -4.44. The Morgan fingerprint density at radius 1 is 1.12 bits per heavy atom. The summed E-state index contributed by atoms with van der Waals surface area (Å²) in [6, 6.07) is 7.48. The lowest BCUT2D eigenvalue weighted by Gasteiger charge is -2.08. The van der Waals surface area contributed by atoms with Gasteiger partial charge in [-0.25, -0.2) is 9.78 Å². The molecule has 0 fully saturated rings. The predicted octanol–water partition coefficient (Wildman–Crippen LogP) is 6.80. The second-order valence-corrected chi connectivity index (χ2v) is 8.42. The van der Waals surface area contributed by atoms with Gasteiger partial charge >= 0.3 is 12.1 Å². The van der Waals surface area contributed by atoms with Gasteiger partial charge in [0.25, 0.3) is 0 Å². The molecule has 3 aromatic rings. The Kier molecular flexibility index (Phi) is 7.46. The van der Waals surface area contributed by atoms with Crippen LogP contribution in [0.5, 0.6) is 5.75 Å². The molecule has 172 valence electrons. The van der Waals surface area contributed by atoms with Crippen molar-refractivity contribution >= 4 is 52.4 Å². The van der Waals surface area contributed by atoms with Crippen LogP contribution in [0.4, 0.5) is 13.2 Å². The molecule has 0 radical (unpaired) electrons. The van der Waals surface area contributed by atoms with Gasteiger partial charge in [0.15, 0.2) is 12.4 Å². The average molecular weight is 516 g/mol. The maximum absolute atomic E-state index is 12.8. The van der Waals surface area contributed by atoms with Gasteiger partial charge in [-0.15, -0.1) is 11.3 Å². The monoisotopic (exact) mass is 515 g/mol. The number of rotatable bonds is 7. The molecule has 0 saturated carbocycles. The fraction of sp³-hybridized carbons (Fsp3) is 0.136. The Hall–Kier alpha value is -2.88. The summed E-state index contributed by atoms with van der Waals surface area (Å²) >= 11 is 13.4. The first-order valence-corrected chi connectivity index (χ1v) is 10.7. The van der Waals surface area contributed by atoms with Crippen LogP contribution in [0.3, 0.4) is 0 Å². The zero-order chi connectivity index (χ0) is 24.3. The maximum Gasteiger partial charge on any atom is 0.416 e. The molecule has 3 rings (SSSR count). The first-order valence-electron chi connectivity index (χ1n) is 9.17. The summed E-state index contributed by atoms with van der Waals surface area (Å²) in [6.45, 7) is 1.04. The van der Waals surface area contributed by atoms with Gasteiger partial charge in [0, 0.05) is 5.56 Å². The molecule has 1 heterocycles. The number of nitrogens with zero attached hydrogens (tertiary/aromatic N) is 1. The van der Waals surface area contributed by atoms with E-state index in [0.717, 1.165) is 23.5 Å². The molecule has 0 saturated heterocycles. The number of halogens is 5. The summed E-state index contributed by atoms with van der Waals surface area (Å²) < 4.78 is 43.3. The highest BCUT2D eigenvalue weighted by atomic mass is 35.5. The number of benzene rings is 2. The molecular weight excluding hydrogens is 502 g/mol. The van der Waals surface area contributed by atoms with Crippen LogP contribution in [0.25, 0.3) is 16.6 Å². The van der Waals surface area contributed by atoms with Crippen LogP contribution in [0.1, 0.15) is 26.5 Å². The van der Waals surface area contributed by atoms with E-state index in [4.69, 9.17) is 33.0 Å². The van der Waals surface area contributed by atoms with Crippen molar-refractivity contribution in [3.8, 4) is 16.3 Å². The van der Waals surface area contributed by atoms with Crippen molar-refractivity contribution in [2.75, 3.05) is 6.61 Å². The lowest BCUT2D eigenvalue weighted by molar-refractivity contribution is -0.139. The lowest BCUT2D eigenvalue weighted by atomic mass is 10.1. The Labute approximate surface area is 200 Å². The van der Waals surface area contributed by atoms with Crippen molar-refractivity contribution in [2.45, 2.75) is 13.1 Å². The second kappa shape index (κ2) is 9.94. The number of carboxylic acids is 1. The molecule has 2 aromatic carbocycles. The SMILES string of the molecule is Cc1nc(-c2ccc(C(F)(F)F)cc2)sc1C(=O)C=Cc1ccc(OCC(=O)O)c(Cl)c1Cl. The zero-order valence-corrected chi connectivity index (χ0v) is 19.1. The topological polar surface area (TPSA) is 76.5 Å². The fourth-order valence-electron chi connectivity index (χ4n) is 2.72. The van der Waals surface area contributed by atoms with Crippen LogP contribution >= 0.6 is 34.5 Å². The highest BCUT2D eigenvalue weighted by molar-refractivity contribution is 7.17. The molecule has 0 unspecified atom stereocenters. The number of ether oxygens (including phenoxy) is 1. The van der Waals surface area contributed by atoms with Gasteiger partial charge in [-0.1, -0.05) is 35.3 Å². The largest absolute Gasteiger partial charge is 0.480 e. The summed E-state index contributed by atoms with van der Waals surface area (Å²) in [5.41, 5.74) is 0.536. The number of alkyl halides is 3. The van der Waals surface area contributed by atoms with Gasteiger partial charge in [-0.2, -0.15) is 13.2 Å². The van der Waals surface area contributed by atoms with E-state index in [2.05, 4.69) is 4.98 Å². The number of hydrogen-bond acceptors (Lipinski definition) is 5. The van der Waals surface area contributed by atoms with Gasteiger partial charge in [0.1, 0.15) is 15.8 Å². The third-order valence-corrected chi connectivity index (χ3v) is 6.42. The number of ketones is 1. The summed E-state index contributed by atoms with van der Waals surface area (Å²) in [5.74, 6) is -1.46. The van der Waals surface area contributed by atoms with E-state index < -0.39 is 24.3 Å². The molecule has 0 bridgehead atoms. The number of carboxylic acid groups (broad SMARTS) is 1. The van der Waals surface area contributed by atoms with Gasteiger partial charge in [0.2, 0.25) is 0 Å². The van der Waals surface area contributed by atoms with Gasteiger partial charge < -0.3 is 9.84 Å². The summed E-state index contributed by atoms with van der Waals surface area (Å²) in [5, 5.41) is 9.19. The minimum absolute atomic E-state index is 0.00563. The van der Waals surface area contributed by atoms with E-state index in [0.29, 0.717) is 26.7 Å². The normalized spacial score (nSPS) is 11.7. The minimum Gasteiger partial charge on any atom is -0.480 e. The van der Waals surface area contributed by atoms with Crippen molar-refractivity contribution in [2.24, 2.45) is 0 Å². The van der Waals surface area contributed by atoms with Crippen molar-refractivity contribution in [3.63, 3.8) is 0 Å². The fourth-order valence-corrected chi connectivity index (χ4v) is 4.16. The van der Waals surface area contributed by atoms with Crippen LogP contribution in [0, 0.1) is 6.92 Å². The molecule has 5 nitrogen and oxygen atoms in total. The second-order valence-electron chi connectivity index (χ2n) is 6.67. The van der Waals surface area contributed by atoms with E-state index in [1.165, 1.54) is 36.4 Å². The van der Waals surface area contributed by atoms with Crippen molar-refractivity contribution < 1.29 is 32.6 Å². The van der Waals surface area contributed by atoms with E-state index in [1.807, 2.05) is 0 Å². The molecule has 1 N–H and O–H groups in total. The van der Waals surface area contributed by atoms with Crippen LogP contribution in [-0.4, -0.2) is 28.4 Å². The van der Waals surface area contributed by atoms with E-state index in [1.54, 1.807) is 6.92 Å². The average Bonchev–Trinajstić information content (AvgIpc) is 3.15. The highest BCUT2D eigenvalue weighted by Crippen LogP contribution is 2.36. The third-order valence-electron chi connectivity index (χ3n) is 4.32. The van der Waals surface area contributed by atoms with Crippen molar-refractivity contribution in [1.29, 1.82) is 0 Å². The van der Waals surface area contributed by atoms with Crippen LogP contribution in [0.15, 0.2) is 42.5 Å². The number of hydrogen-bond donors (Lipinski definition) is 1. The smallest absolute Gasteiger partial charge is 0.416 e. The Bertz CT molecular complexity index is 1240. The van der Waals surface area contributed by atoms with Crippen LogP contribution in [-0.2, 0) is 11.0 Å². The molecule has 0 spiro atoms. The number of carbonyl (C=O) groups excluding carboxylic acids is 1. The van der Waals surface area contributed by atoms with E-state index in [9.17, 15) is 22.8 Å². The molecule has 0 aliphatic heterocycles. The third kappa shape index (κ3) is 5.93. The number of aryl methyl sites for hydroxylation is 1. The Balaban J connectivity index is 1.79. The van der Waals surface area contributed by atoms with Crippen molar-refractivity contribution in [1.82, 2.24) is 4.98 Å². The molecule has 0 aliphatic carbocycles. The number of carbonyl (C=O) groups is 2. The maximum atomic E-state index is 12.8. The number of aromatic nitrogens is 1. The highest BCUT2D eigenvalue weighted by Gasteiger charge is 2.30. The van der Waals surface area contributed by atoms with Crippen LogP contribution in [0.2, 0.25) is 10.0 Å². The quantitative estimate of drug-likeness (QED) is 0.276. The first kappa shape index (κ1) is 24.8. The molecule has 1 aromatic heterocycles. The molecule has 0 amide bonds. The number of thiazole rings is 1. The number of allylic oxidation sites excluding steroid dienone is 1. The Morgan fingerprint density at radius 3 is 2.39 bits per heavy atom. The summed E-state index contributed by atoms with van der Waals surface area (Å²) in [4.78, 5) is 27.9. The first-order chi connectivity index (χ1) is 15.5. The van der Waals surface area contributed by atoms with E-state index >= 15 is 0 Å². The zero-order valence-electron chi connectivity index (χ0n) is 16.7. The molecule has 33 heavy (non-hydrogen) atoms. The molecule has 11 heteroatoms. The van der Waals surface area contributed by atoms with Crippen LogP contribution < -0.4 is 4.74 Å². The van der Waals surface area contributed by atoms with Gasteiger partial charge in [0.05, 0.1) is 21.2 Å². The van der Waals surface area contributed by atoms with Crippen molar-refractivity contribution in [3.05, 3.63) is 74.2 Å². The summed E-state index contributed by atoms with van der Waals surface area (Å²) in [7, 11) is 0.